The van der Waals surface area contributed by atoms with Crippen LogP contribution in [0.2, 0.25) is 0 Å². The molecule has 0 atom stereocenters. The first-order valence-electron chi connectivity index (χ1n) is 5.36. The summed E-state index contributed by atoms with van der Waals surface area (Å²) in [5.74, 6) is -0.307. The van der Waals surface area contributed by atoms with Gasteiger partial charge in [0.15, 0.2) is 0 Å². The Kier molecular flexibility index (Phi) is 4.70. The van der Waals surface area contributed by atoms with E-state index in [4.69, 9.17) is 4.74 Å². The lowest BCUT2D eigenvalue weighted by Gasteiger charge is -2.08. The van der Waals surface area contributed by atoms with Crippen LogP contribution in [0.25, 0.3) is 0 Å². The van der Waals surface area contributed by atoms with Crippen molar-refractivity contribution in [3.05, 3.63) is 34.9 Å². The standard InChI is InChI=1S/C13H16O3/c1-3-11-9-10(5-4-8-14)6-7-12(11)13(15)16-2/h6-9H,3-5H2,1-2H3. The Labute approximate surface area is 95.4 Å². The smallest absolute Gasteiger partial charge is 0.338 e. The van der Waals surface area contributed by atoms with Crippen LogP contribution in [-0.4, -0.2) is 19.4 Å². The van der Waals surface area contributed by atoms with E-state index >= 15 is 0 Å². The van der Waals surface area contributed by atoms with Crippen LogP contribution in [0.5, 0.6) is 0 Å². The molecule has 0 spiro atoms. The third-order valence-corrected chi connectivity index (χ3v) is 2.51. The summed E-state index contributed by atoms with van der Waals surface area (Å²) in [4.78, 5) is 21.7. The van der Waals surface area contributed by atoms with Gasteiger partial charge in [-0.1, -0.05) is 19.1 Å². The maximum absolute atomic E-state index is 11.4. The second-order valence-electron chi connectivity index (χ2n) is 3.54. The summed E-state index contributed by atoms with van der Waals surface area (Å²) in [6, 6.07) is 5.61. The zero-order valence-corrected chi connectivity index (χ0v) is 9.66. The van der Waals surface area contributed by atoms with E-state index in [2.05, 4.69) is 0 Å². The molecule has 3 nitrogen and oxygen atoms in total. The molecule has 0 N–H and O–H groups in total. The van der Waals surface area contributed by atoms with Crippen molar-refractivity contribution in [2.75, 3.05) is 7.11 Å². The molecule has 0 fully saturated rings. The lowest BCUT2D eigenvalue weighted by atomic mass is 10.00. The summed E-state index contributed by atoms with van der Waals surface area (Å²) in [6.07, 6.45) is 2.91. The molecule has 0 bridgehead atoms. The molecule has 3 heteroatoms. The van der Waals surface area contributed by atoms with E-state index in [1.807, 2.05) is 19.1 Å². The van der Waals surface area contributed by atoms with Crippen LogP contribution < -0.4 is 0 Å². The highest BCUT2D eigenvalue weighted by Crippen LogP contribution is 2.15. The zero-order chi connectivity index (χ0) is 12.0. The lowest BCUT2D eigenvalue weighted by molar-refractivity contribution is -0.107. The molecule has 0 aromatic heterocycles. The molecule has 0 amide bonds. The Hall–Kier alpha value is -1.64. The van der Waals surface area contributed by atoms with Gasteiger partial charge in [0, 0.05) is 6.42 Å². The number of ether oxygens (including phenoxy) is 1. The predicted octanol–water partition coefficient (Wildman–Crippen LogP) is 2.17. The van der Waals surface area contributed by atoms with Gasteiger partial charge in [-0.15, -0.1) is 0 Å². The zero-order valence-electron chi connectivity index (χ0n) is 9.66. The molecule has 0 aliphatic carbocycles. The van der Waals surface area contributed by atoms with Gasteiger partial charge in [-0.3, -0.25) is 0 Å². The Morgan fingerprint density at radius 2 is 2.19 bits per heavy atom. The highest BCUT2D eigenvalue weighted by molar-refractivity contribution is 5.91. The van der Waals surface area contributed by atoms with Crippen LogP contribution in [-0.2, 0) is 22.4 Å². The number of hydrogen-bond donors (Lipinski definition) is 0. The molecule has 0 aliphatic heterocycles. The topological polar surface area (TPSA) is 43.4 Å². The van der Waals surface area contributed by atoms with Gasteiger partial charge in [-0.25, -0.2) is 4.79 Å². The maximum Gasteiger partial charge on any atom is 0.338 e. The van der Waals surface area contributed by atoms with Crippen molar-refractivity contribution in [3.63, 3.8) is 0 Å². The van der Waals surface area contributed by atoms with E-state index in [9.17, 15) is 9.59 Å². The molecule has 0 aliphatic rings. The lowest BCUT2D eigenvalue weighted by Crippen LogP contribution is -2.06. The second-order valence-corrected chi connectivity index (χ2v) is 3.54. The Morgan fingerprint density at radius 1 is 1.44 bits per heavy atom. The van der Waals surface area contributed by atoms with Gasteiger partial charge >= 0.3 is 5.97 Å². The number of methoxy groups -OCH3 is 1. The first kappa shape index (κ1) is 12.4. The van der Waals surface area contributed by atoms with Crippen LogP contribution >= 0.6 is 0 Å². The first-order chi connectivity index (χ1) is 7.72. The number of aldehydes is 1. The number of hydrogen-bond acceptors (Lipinski definition) is 3. The third kappa shape index (κ3) is 2.92. The number of rotatable bonds is 5. The summed E-state index contributed by atoms with van der Waals surface area (Å²) < 4.78 is 4.70. The third-order valence-electron chi connectivity index (χ3n) is 2.51. The monoisotopic (exact) mass is 220 g/mol. The highest BCUT2D eigenvalue weighted by atomic mass is 16.5. The van der Waals surface area contributed by atoms with E-state index in [0.29, 0.717) is 12.0 Å². The summed E-state index contributed by atoms with van der Waals surface area (Å²) in [7, 11) is 1.38. The van der Waals surface area contributed by atoms with Crippen LogP contribution in [0, 0.1) is 0 Å². The molecule has 1 aromatic rings. The van der Waals surface area contributed by atoms with Crippen molar-refractivity contribution in [1.29, 1.82) is 0 Å². The van der Waals surface area contributed by atoms with Gasteiger partial charge in [0.05, 0.1) is 12.7 Å². The minimum atomic E-state index is -0.307. The molecule has 16 heavy (non-hydrogen) atoms. The predicted molar refractivity (Wildman–Crippen MR) is 61.5 cm³/mol. The Morgan fingerprint density at radius 3 is 2.75 bits per heavy atom. The molecule has 0 unspecified atom stereocenters. The van der Waals surface area contributed by atoms with Gasteiger partial charge in [-0.05, 0) is 30.0 Å². The van der Waals surface area contributed by atoms with Crippen molar-refractivity contribution in [2.45, 2.75) is 26.2 Å². The van der Waals surface area contributed by atoms with Gasteiger partial charge in [0.2, 0.25) is 0 Å². The van der Waals surface area contributed by atoms with Gasteiger partial charge < -0.3 is 9.53 Å². The van der Waals surface area contributed by atoms with Crippen LogP contribution in [0.3, 0.4) is 0 Å². The maximum atomic E-state index is 11.4. The summed E-state index contributed by atoms with van der Waals surface area (Å²) in [5.41, 5.74) is 2.66. The first-order valence-corrected chi connectivity index (χ1v) is 5.36. The quantitative estimate of drug-likeness (QED) is 0.564. The molecular formula is C13H16O3. The number of esters is 1. The SMILES string of the molecule is CCc1cc(CCC=O)ccc1C(=O)OC. The van der Waals surface area contributed by atoms with Crippen molar-refractivity contribution in [2.24, 2.45) is 0 Å². The average Bonchev–Trinajstić information content (AvgIpc) is 2.34. The average molecular weight is 220 g/mol. The van der Waals surface area contributed by atoms with Crippen molar-refractivity contribution in [1.82, 2.24) is 0 Å². The highest BCUT2D eigenvalue weighted by Gasteiger charge is 2.10. The van der Waals surface area contributed by atoms with Crippen LogP contribution in [0.15, 0.2) is 18.2 Å². The van der Waals surface area contributed by atoms with E-state index in [0.717, 1.165) is 30.3 Å². The summed E-state index contributed by atoms with van der Waals surface area (Å²) in [5, 5.41) is 0. The Balaban J connectivity index is 2.96. The van der Waals surface area contributed by atoms with Gasteiger partial charge in [-0.2, -0.15) is 0 Å². The largest absolute Gasteiger partial charge is 0.465 e. The number of carbonyl (C=O) groups excluding carboxylic acids is 2. The van der Waals surface area contributed by atoms with E-state index in [1.165, 1.54) is 7.11 Å². The van der Waals surface area contributed by atoms with Crippen molar-refractivity contribution in [3.8, 4) is 0 Å². The van der Waals surface area contributed by atoms with E-state index < -0.39 is 0 Å². The van der Waals surface area contributed by atoms with E-state index in [1.54, 1.807) is 6.07 Å². The molecule has 0 radical (unpaired) electrons. The Bertz CT molecular complexity index is 383. The fourth-order valence-corrected chi connectivity index (χ4v) is 1.63. The summed E-state index contributed by atoms with van der Waals surface area (Å²) in [6.45, 7) is 1.99. The minimum Gasteiger partial charge on any atom is -0.465 e. The number of aryl methyl sites for hydroxylation is 2. The molecule has 1 rings (SSSR count). The number of carbonyl (C=O) groups is 2. The van der Waals surface area contributed by atoms with Gasteiger partial charge in [0.1, 0.15) is 6.29 Å². The fraction of sp³-hybridized carbons (Fsp3) is 0.385. The summed E-state index contributed by atoms with van der Waals surface area (Å²) >= 11 is 0. The molecule has 0 saturated carbocycles. The van der Waals surface area contributed by atoms with Crippen LogP contribution in [0.4, 0.5) is 0 Å². The van der Waals surface area contributed by atoms with Gasteiger partial charge in [0.25, 0.3) is 0 Å². The van der Waals surface area contributed by atoms with Crippen molar-refractivity contribution < 1.29 is 14.3 Å². The van der Waals surface area contributed by atoms with E-state index in [-0.39, 0.29) is 5.97 Å². The molecule has 0 heterocycles. The molecule has 1 aromatic carbocycles. The normalized spacial score (nSPS) is 9.88. The molecular weight excluding hydrogens is 204 g/mol. The van der Waals surface area contributed by atoms with Crippen LogP contribution in [0.1, 0.15) is 34.8 Å². The molecule has 0 saturated heterocycles. The minimum absolute atomic E-state index is 0.307. The number of benzene rings is 1. The second kappa shape index (κ2) is 6.05. The fourth-order valence-electron chi connectivity index (χ4n) is 1.63. The van der Waals surface area contributed by atoms with Crippen molar-refractivity contribution >= 4 is 12.3 Å². The molecule has 86 valence electrons.